The van der Waals surface area contributed by atoms with Crippen LogP contribution < -0.4 is 9.62 Å². The summed E-state index contributed by atoms with van der Waals surface area (Å²) in [6.45, 7) is 4.26. The topological polar surface area (TPSA) is 86.8 Å². The van der Waals surface area contributed by atoms with Gasteiger partial charge in [0, 0.05) is 13.1 Å². The minimum absolute atomic E-state index is 0.214. The van der Waals surface area contributed by atoms with Crippen LogP contribution in [0.3, 0.4) is 0 Å². The van der Waals surface area contributed by atoms with Gasteiger partial charge >= 0.3 is 0 Å². The zero-order valence-corrected chi connectivity index (χ0v) is 19.8. The van der Waals surface area contributed by atoms with Gasteiger partial charge in [-0.15, -0.1) is 0 Å². The minimum Gasteiger partial charge on any atom is -0.354 e. The molecule has 0 aliphatic heterocycles. The molecule has 0 aromatic heterocycles. The van der Waals surface area contributed by atoms with Gasteiger partial charge in [-0.25, -0.2) is 8.42 Å². The molecule has 1 unspecified atom stereocenters. The maximum Gasteiger partial charge on any atom is 0.244 e. The average molecular weight is 460 g/mol. The van der Waals surface area contributed by atoms with E-state index >= 15 is 0 Å². The number of rotatable bonds is 12. The van der Waals surface area contributed by atoms with E-state index < -0.39 is 22.0 Å². The molecule has 2 aromatic rings. The molecule has 1 N–H and O–H groups in total. The summed E-state index contributed by atoms with van der Waals surface area (Å²) in [5.41, 5.74) is 1.27. The van der Waals surface area contributed by atoms with Crippen LogP contribution in [0.4, 0.5) is 5.69 Å². The molecule has 174 valence electrons. The van der Waals surface area contributed by atoms with Crippen molar-refractivity contribution < 1.29 is 18.0 Å². The maximum atomic E-state index is 13.5. The first-order valence-electron chi connectivity index (χ1n) is 10.9. The molecule has 8 heteroatoms. The number of carbonyl (C=O) groups is 2. The van der Waals surface area contributed by atoms with E-state index in [0.717, 1.165) is 29.0 Å². The van der Waals surface area contributed by atoms with Crippen molar-refractivity contribution in [2.75, 3.05) is 23.7 Å². The lowest BCUT2D eigenvalue weighted by Crippen LogP contribution is -2.52. The van der Waals surface area contributed by atoms with Crippen LogP contribution in [0.1, 0.15) is 38.7 Å². The molecule has 7 nitrogen and oxygen atoms in total. The van der Waals surface area contributed by atoms with Crippen molar-refractivity contribution >= 4 is 27.5 Å². The van der Waals surface area contributed by atoms with E-state index in [1.807, 2.05) is 44.2 Å². The Morgan fingerprint density at radius 1 is 0.969 bits per heavy atom. The molecular weight excluding hydrogens is 426 g/mol. The van der Waals surface area contributed by atoms with Gasteiger partial charge in [0.05, 0.1) is 11.9 Å². The Labute approximate surface area is 191 Å². The predicted octanol–water partition coefficient (Wildman–Crippen LogP) is 3.18. The first-order valence-corrected chi connectivity index (χ1v) is 12.8. The number of unbranched alkanes of at least 4 members (excludes halogenated alkanes) is 1. The van der Waals surface area contributed by atoms with Crippen LogP contribution in [0.2, 0.25) is 0 Å². The van der Waals surface area contributed by atoms with Crippen molar-refractivity contribution in [3.63, 3.8) is 0 Å². The Hall–Kier alpha value is -2.87. The second kappa shape index (κ2) is 12.2. The van der Waals surface area contributed by atoms with Crippen LogP contribution in [-0.4, -0.2) is 50.5 Å². The fourth-order valence-corrected chi connectivity index (χ4v) is 4.26. The number of nitrogens with zero attached hydrogens (tertiary/aromatic N) is 2. The van der Waals surface area contributed by atoms with Crippen LogP contribution in [0, 0.1) is 0 Å². The Balaban J connectivity index is 2.34. The molecule has 0 bridgehead atoms. The molecular formula is C24H33N3O4S. The highest BCUT2D eigenvalue weighted by atomic mass is 32.2. The van der Waals surface area contributed by atoms with E-state index in [1.165, 1.54) is 4.90 Å². The van der Waals surface area contributed by atoms with Gasteiger partial charge in [-0.1, -0.05) is 68.8 Å². The molecule has 32 heavy (non-hydrogen) atoms. The molecule has 0 heterocycles. The SMILES string of the molecule is CCCCNC(=O)C(CC)N(Cc1ccccc1)C(=O)CN(c1ccccc1)S(C)(=O)=O. The number of hydrogen-bond donors (Lipinski definition) is 1. The van der Waals surface area contributed by atoms with Crippen molar-refractivity contribution in [3.05, 3.63) is 66.2 Å². The normalized spacial score (nSPS) is 12.1. The highest BCUT2D eigenvalue weighted by Gasteiger charge is 2.31. The number of carbonyl (C=O) groups excluding carboxylic acids is 2. The van der Waals surface area contributed by atoms with Gasteiger partial charge in [-0.2, -0.15) is 0 Å². The monoisotopic (exact) mass is 459 g/mol. The predicted molar refractivity (Wildman–Crippen MR) is 128 cm³/mol. The summed E-state index contributed by atoms with van der Waals surface area (Å²) < 4.78 is 26.0. The summed E-state index contributed by atoms with van der Waals surface area (Å²) >= 11 is 0. The zero-order chi connectivity index (χ0) is 23.6. The summed E-state index contributed by atoms with van der Waals surface area (Å²) in [5.74, 6) is -0.656. The third-order valence-corrected chi connectivity index (χ3v) is 6.28. The van der Waals surface area contributed by atoms with E-state index in [2.05, 4.69) is 5.32 Å². The number of benzene rings is 2. The summed E-state index contributed by atoms with van der Waals surface area (Å²) in [6, 6.07) is 17.2. The number of anilines is 1. The van der Waals surface area contributed by atoms with Crippen molar-refractivity contribution in [2.24, 2.45) is 0 Å². The van der Waals surface area contributed by atoms with Gasteiger partial charge in [0.2, 0.25) is 21.8 Å². The first kappa shape index (κ1) is 25.4. The van der Waals surface area contributed by atoms with Gasteiger partial charge in [0.25, 0.3) is 0 Å². The van der Waals surface area contributed by atoms with Crippen molar-refractivity contribution in [1.82, 2.24) is 10.2 Å². The second-order valence-electron chi connectivity index (χ2n) is 7.68. The molecule has 0 fully saturated rings. The van der Waals surface area contributed by atoms with E-state index in [9.17, 15) is 18.0 Å². The lowest BCUT2D eigenvalue weighted by molar-refractivity contribution is -0.140. The molecule has 0 saturated heterocycles. The number of hydrogen-bond acceptors (Lipinski definition) is 4. The molecule has 0 radical (unpaired) electrons. The molecule has 2 rings (SSSR count). The second-order valence-corrected chi connectivity index (χ2v) is 9.59. The van der Waals surface area contributed by atoms with Gasteiger partial charge in [0.1, 0.15) is 12.6 Å². The Kier molecular flexibility index (Phi) is 9.71. The first-order chi connectivity index (χ1) is 15.3. The smallest absolute Gasteiger partial charge is 0.244 e. The summed E-state index contributed by atoms with van der Waals surface area (Å²) in [5, 5.41) is 2.91. The lowest BCUT2D eigenvalue weighted by Gasteiger charge is -2.32. The van der Waals surface area contributed by atoms with Crippen molar-refractivity contribution in [3.8, 4) is 0 Å². The third kappa shape index (κ3) is 7.37. The zero-order valence-electron chi connectivity index (χ0n) is 19.0. The number of sulfonamides is 1. The van der Waals surface area contributed by atoms with Gasteiger partial charge in [-0.3, -0.25) is 13.9 Å². The molecule has 0 aliphatic carbocycles. The van der Waals surface area contributed by atoms with Gasteiger partial charge in [-0.05, 0) is 30.5 Å². The summed E-state index contributed by atoms with van der Waals surface area (Å²) in [6.07, 6.45) is 3.29. The fraction of sp³-hybridized carbons (Fsp3) is 0.417. The van der Waals surface area contributed by atoms with E-state index in [0.29, 0.717) is 18.7 Å². The van der Waals surface area contributed by atoms with Gasteiger partial charge in [0.15, 0.2) is 0 Å². The Morgan fingerprint density at radius 3 is 2.09 bits per heavy atom. The third-order valence-electron chi connectivity index (χ3n) is 5.13. The summed E-state index contributed by atoms with van der Waals surface area (Å²) in [7, 11) is -3.70. The Bertz CT molecular complexity index is 965. The van der Waals surface area contributed by atoms with Crippen LogP contribution in [0.15, 0.2) is 60.7 Å². The maximum absolute atomic E-state index is 13.5. The Morgan fingerprint density at radius 2 is 1.56 bits per heavy atom. The highest BCUT2D eigenvalue weighted by molar-refractivity contribution is 7.92. The van der Waals surface area contributed by atoms with Crippen LogP contribution in [0.25, 0.3) is 0 Å². The number of amides is 2. The van der Waals surface area contributed by atoms with Gasteiger partial charge < -0.3 is 10.2 Å². The molecule has 2 aromatic carbocycles. The van der Waals surface area contributed by atoms with Crippen LogP contribution in [-0.2, 0) is 26.2 Å². The minimum atomic E-state index is -3.70. The van der Waals surface area contributed by atoms with Crippen LogP contribution in [0.5, 0.6) is 0 Å². The number of para-hydroxylation sites is 1. The molecule has 2 amide bonds. The molecule has 0 aliphatic rings. The van der Waals surface area contributed by atoms with Crippen LogP contribution >= 0.6 is 0 Å². The van der Waals surface area contributed by atoms with Crippen molar-refractivity contribution in [1.29, 1.82) is 0 Å². The van der Waals surface area contributed by atoms with E-state index in [-0.39, 0.29) is 19.0 Å². The summed E-state index contributed by atoms with van der Waals surface area (Å²) in [4.78, 5) is 27.8. The number of nitrogens with one attached hydrogen (secondary N) is 1. The molecule has 0 saturated carbocycles. The average Bonchev–Trinajstić information content (AvgIpc) is 2.78. The fourth-order valence-electron chi connectivity index (χ4n) is 3.41. The quantitative estimate of drug-likeness (QED) is 0.494. The van der Waals surface area contributed by atoms with Crippen molar-refractivity contribution in [2.45, 2.75) is 45.7 Å². The molecule has 0 spiro atoms. The van der Waals surface area contributed by atoms with E-state index in [4.69, 9.17) is 0 Å². The highest BCUT2D eigenvalue weighted by Crippen LogP contribution is 2.19. The lowest BCUT2D eigenvalue weighted by atomic mass is 10.1. The molecule has 1 atom stereocenters. The standard InChI is InChI=1S/C24H33N3O4S/c1-4-6-17-25-24(29)22(5-2)26(18-20-13-9-7-10-14-20)23(28)19-27(32(3,30)31)21-15-11-8-12-16-21/h7-16,22H,4-6,17-19H2,1-3H3,(H,25,29). The van der Waals surface area contributed by atoms with E-state index in [1.54, 1.807) is 30.3 Å². The largest absolute Gasteiger partial charge is 0.354 e.